The Morgan fingerprint density at radius 1 is 1.03 bits per heavy atom. The Labute approximate surface area is 182 Å². The first-order chi connectivity index (χ1) is 14.2. The molecule has 3 nitrogen and oxygen atoms in total. The molecular weight excluding hydrogens is 388 g/mol. The van der Waals surface area contributed by atoms with E-state index in [1.165, 1.54) is 10.4 Å². The van der Waals surface area contributed by atoms with Crippen LogP contribution in [0.2, 0.25) is 5.04 Å². The number of Topliss-reactive ketones (excluding diaryl/α,β-unsaturated/α-hetero) is 1. The van der Waals surface area contributed by atoms with Gasteiger partial charge >= 0.3 is 0 Å². The van der Waals surface area contributed by atoms with Gasteiger partial charge in [-0.15, -0.1) is 0 Å². The maximum Gasteiger partial charge on any atom is 0.261 e. The van der Waals surface area contributed by atoms with Crippen LogP contribution in [-0.4, -0.2) is 27.0 Å². The van der Waals surface area contributed by atoms with Crippen molar-refractivity contribution in [2.45, 2.75) is 52.0 Å². The van der Waals surface area contributed by atoms with Gasteiger partial charge in [-0.3, -0.25) is 0 Å². The summed E-state index contributed by atoms with van der Waals surface area (Å²) in [6, 6.07) is 20.9. The van der Waals surface area contributed by atoms with E-state index in [0.29, 0.717) is 25.9 Å². The standard InChI is InChI=1S/C26H34O3Si/c1-21(23(18-19-27)17-16-22(2)28)20-29-30(26(3,4)5,24-12-8-6-9-13-24)25-14-10-7-11-15-25/h6-15,19,23H,1,16-18,20H2,2-5H3/t23-/m0/s1. The van der Waals surface area contributed by atoms with Gasteiger partial charge in [-0.1, -0.05) is 88.0 Å². The lowest BCUT2D eigenvalue weighted by Gasteiger charge is -2.43. The van der Waals surface area contributed by atoms with Crippen molar-refractivity contribution in [3.8, 4) is 0 Å². The van der Waals surface area contributed by atoms with E-state index >= 15 is 0 Å². The van der Waals surface area contributed by atoms with Crippen molar-refractivity contribution >= 4 is 30.8 Å². The Morgan fingerprint density at radius 2 is 1.53 bits per heavy atom. The molecule has 0 heterocycles. The van der Waals surface area contributed by atoms with Crippen molar-refractivity contribution in [3.05, 3.63) is 72.8 Å². The predicted octanol–water partition coefficient (Wildman–Crippen LogP) is 4.69. The van der Waals surface area contributed by atoms with E-state index < -0.39 is 8.32 Å². The fraction of sp³-hybridized carbons (Fsp3) is 0.385. The molecule has 0 radical (unpaired) electrons. The first kappa shape index (κ1) is 24.0. The largest absolute Gasteiger partial charge is 0.403 e. The normalized spacial score (nSPS) is 12.9. The maximum atomic E-state index is 11.5. The van der Waals surface area contributed by atoms with Crippen molar-refractivity contribution in [1.82, 2.24) is 0 Å². The third kappa shape index (κ3) is 5.64. The molecule has 0 aliphatic rings. The van der Waals surface area contributed by atoms with Gasteiger partial charge < -0.3 is 14.0 Å². The van der Waals surface area contributed by atoms with Crippen LogP contribution in [0.3, 0.4) is 0 Å². The molecule has 0 bridgehead atoms. The smallest absolute Gasteiger partial charge is 0.261 e. The molecule has 0 fully saturated rings. The molecule has 0 aliphatic carbocycles. The van der Waals surface area contributed by atoms with Gasteiger partial charge in [-0.25, -0.2) is 0 Å². The molecule has 1 atom stereocenters. The monoisotopic (exact) mass is 422 g/mol. The molecule has 0 saturated heterocycles. The van der Waals surface area contributed by atoms with E-state index in [1.807, 2.05) is 12.1 Å². The van der Waals surface area contributed by atoms with E-state index in [1.54, 1.807) is 6.92 Å². The van der Waals surface area contributed by atoms with Gasteiger partial charge in [0.25, 0.3) is 8.32 Å². The molecular formula is C26H34O3Si. The van der Waals surface area contributed by atoms with E-state index in [4.69, 9.17) is 4.43 Å². The highest BCUT2D eigenvalue weighted by molar-refractivity contribution is 6.99. The van der Waals surface area contributed by atoms with Crippen molar-refractivity contribution < 1.29 is 14.0 Å². The van der Waals surface area contributed by atoms with Crippen molar-refractivity contribution in [1.29, 1.82) is 0 Å². The molecule has 0 spiro atoms. The quantitative estimate of drug-likeness (QED) is 0.300. The van der Waals surface area contributed by atoms with Gasteiger partial charge in [0.2, 0.25) is 0 Å². The summed E-state index contributed by atoms with van der Waals surface area (Å²) >= 11 is 0. The third-order valence-corrected chi connectivity index (χ3v) is 10.7. The van der Waals surface area contributed by atoms with E-state index in [9.17, 15) is 9.59 Å². The number of ketones is 1. The summed E-state index contributed by atoms with van der Waals surface area (Å²) in [6.45, 7) is 12.9. The molecule has 2 aromatic carbocycles. The average molecular weight is 423 g/mol. The molecule has 0 unspecified atom stereocenters. The Bertz CT molecular complexity index is 798. The number of carbonyl (C=O) groups excluding carboxylic acids is 2. The average Bonchev–Trinajstić information content (AvgIpc) is 2.72. The van der Waals surface area contributed by atoms with Crippen LogP contribution in [0.4, 0.5) is 0 Å². The number of aldehydes is 1. The van der Waals surface area contributed by atoms with Crippen LogP contribution >= 0.6 is 0 Å². The zero-order valence-electron chi connectivity index (χ0n) is 18.7. The lowest BCUT2D eigenvalue weighted by atomic mass is 9.92. The topological polar surface area (TPSA) is 43.4 Å². The van der Waals surface area contributed by atoms with Crippen LogP contribution in [0.1, 0.15) is 47.0 Å². The minimum Gasteiger partial charge on any atom is -0.403 e. The highest BCUT2D eigenvalue weighted by Crippen LogP contribution is 2.37. The summed E-state index contributed by atoms with van der Waals surface area (Å²) in [4.78, 5) is 22.7. The lowest BCUT2D eigenvalue weighted by molar-refractivity contribution is -0.117. The highest BCUT2D eigenvalue weighted by atomic mass is 28.4. The minimum absolute atomic E-state index is 0.0374. The summed E-state index contributed by atoms with van der Waals surface area (Å²) < 4.78 is 6.90. The third-order valence-electron chi connectivity index (χ3n) is 5.69. The van der Waals surface area contributed by atoms with Crippen LogP contribution < -0.4 is 10.4 Å². The number of hydrogen-bond donors (Lipinski definition) is 0. The fourth-order valence-corrected chi connectivity index (χ4v) is 8.62. The molecule has 2 rings (SSSR count). The number of benzene rings is 2. The van der Waals surface area contributed by atoms with Crippen molar-refractivity contribution in [3.63, 3.8) is 0 Å². The van der Waals surface area contributed by atoms with Crippen molar-refractivity contribution in [2.75, 3.05) is 6.61 Å². The zero-order valence-corrected chi connectivity index (χ0v) is 19.7. The highest BCUT2D eigenvalue weighted by Gasteiger charge is 2.50. The van der Waals surface area contributed by atoms with Crippen molar-refractivity contribution in [2.24, 2.45) is 5.92 Å². The molecule has 160 valence electrons. The van der Waals surface area contributed by atoms with Crippen LogP contribution in [0.25, 0.3) is 0 Å². The van der Waals surface area contributed by atoms with Crippen LogP contribution in [0.5, 0.6) is 0 Å². The second kappa shape index (κ2) is 10.6. The molecule has 0 amide bonds. The summed E-state index contributed by atoms with van der Waals surface area (Å²) in [5.74, 6) is 0.0937. The van der Waals surface area contributed by atoms with E-state index in [0.717, 1.165) is 11.9 Å². The summed E-state index contributed by atoms with van der Waals surface area (Å²) in [7, 11) is -2.64. The SMILES string of the molecule is C=C(CO[Si](c1ccccc1)(c1ccccc1)C(C)(C)C)[C@H](CC=O)CCC(C)=O. The van der Waals surface area contributed by atoms with Gasteiger partial charge in [0, 0.05) is 12.8 Å². The van der Waals surface area contributed by atoms with Gasteiger partial charge in [0.05, 0.1) is 6.61 Å². The Balaban J connectivity index is 2.42. The van der Waals surface area contributed by atoms with Gasteiger partial charge in [-0.05, 0) is 40.2 Å². The fourth-order valence-electron chi connectivity index (χ4n) is 4.06. The minimum atomic E-state index is -2.64. The van der Waals surface area contributed by atoms with Gasteiger partial charge in [-0.2, -0.15) is 0 Å². The number of rotatable bonds is 11. The Kier molecular flexibility index (Phi) is 8.50. The molecule has 0 aromatic heterocycles. The maximum absolute atomic E-state index is 11.5. The zero-order chi connectivity index (χ0) is 22.2. The lowest BCUT2D eigenvalue weighted by Crippen LogP contribution is -2.66. The molecule has 4 heteroatoms. The van der Waals surface area contributed by atoms with Crippen LogP contribution in [0.15, 0.2) is 72.8 Å². The van der Waals surface area contributed by atoms with E-state index in [2.05, 4.69) is 75.9 Å². The Hall–Kier alpha value is -2.30. The summed E-state index contributed by atoms with van der Waals surface area (Å²) in [6.07, 6.45) is 2.38. The van der Waals surface area contributed by atoms with Gasteiger partial charge in [0.1, 0.15) is 12.1 Å². The number of hydrogen-bond acceptors (Lipinski definition) is 3. The van der Waals surface area contributed by atoms with Crippen LogP contribution in [-0.2, 0) is 14.0 Å². The first-order valence-electron chi connectivity index (χ1n) is 10.6. The molecule has 0 N–H and O–H groups in total. The van der Waals surface area contributed by atoms with Crippen LogP contribution in [0, 0.1) is 5.92 Å². The Morgan fingerprint density at radius 3 is 1.93 bits per heavy atom. The van der Waals surface area contributed by atoms with Gasteiger partial charge in [0.15, 0.2) is 0 Å². The van der Waals surface area contributed by atoms with E-state index in [-0.39, 0.29) is 16.7 Å². The molecule has 2 aromatic rings. The molecule has 30 heavy (non-hydrogen) atoms. The molecule has 0 aliphatic heterocycles. The first-order valence-corrected chi connectivity index (χ1v) is 12.5. The molecule has 0 saturated carbocycles. The number of carbonyl (C=O) groups is 2. The second-order valence-corrected chi connectivity index (χ2v) is 13.3. The summed E-state index contributed by atoms with van der Waals surface area (Å²) in [5.41, 5.74) is 0.885. The predicted molar refractivity (Wildman–Crippen MR) is 127 cm³/mol. The summed E-state index contributed by atoms with van der Waals surface area (Å²) in [5, 5.41) is 2.31. The second-order valence-electron chi connectivity index (χ2n) is 8.95.